The maximum atomic E-state index is 13.6. The van der Waals surface area contributed by atoms with E-state index in [1.807, 2.05) is 0 Å². The molecule has 3 nitrogen and oxygen atoms in total. The van der Waals surface area contributed by atoms with Gasteiger partial charge in [-0.25, -0.2) is 14.4 Å². The van der Waals surface area contributed by atoms with Crippen LogP contribution in [-0.4, -0.2) is 15.1 Å². The lowest BCUT2D eigenvalue weighted by atomic mass is 10.0. The molecule has 1 heterocycles. The number of halogens is 2. The Morgan fingerprint density at radius 2 is 1.94 bits per heavy atom. The standard InChI is InChI=1S/C11H8BrFN2O/c12-8-2-1-3-9(13)10(8)11(16)7-4-14-6-15-5-7/h1-6,11,16H. The maximum Gasteiger partial charge on any atom is 0.130 e. The highest BCUT2D eigenvalue weighted by atomic mass is 79.9. The minimum absolute atomic E-state index is 0.192. The fourth-order valence-electron chi connectivity index (χ4n) is 1.39. The first-order chi connectivity index (χ1) is 7.70. The number of aliphatic hydroxyl groups excluding tert-OH is 1. The van der Waals surface area contributed by atoms with Gasteiger partial charge in [0.1, 0.15) is 18.2 Å². The summed E-state index contributed by atoms with van der Waals surface area (Å²) < 4.78 is 14.1. The van der Waals surface area contributed by atoms with Gasteiger partial charge >= 0.3 is 0 Å². The fraction of sp³-hybridized carbons (Fsp3) is 0.0909. The fourth-order valence-corrected chi connectivity index (χ4v) is 1.95. The van der Waals surface area contributed by atoms with Gasteiger partial charge < -0.3 is 5.11 Å². The summed E-state index contributed by atoms with van der Waals surface area (Å²) in [4.78, 5) is 7.56. The second-order valence-electron chi connectivity index (χ2n) is 3.21. The van der Waals surface area contributed by atoms with Crippen LogP contribution < -0.4 is 0 Å². The van der Waals surface area contributed by atoms with Gasteiger partial charge in [-0.1, -0.05) is 22.0 Å². The molecular formula is C11H8BrFN2O. The molecule has 0 bridgehead atoms. The van der Waals surface area contributed by atoms with Crippen molar-refractivity contribution in [3.05, 3.63) is 58.3 Å². The molecule has 2 rings (SSSR count). The lowest BCUT2D eigenvalue weighted by Gasteiger charge is -2.13. The number of hydrogen-bond donors (Lipinski definition) is 1. The predicted molar refractivity (Wildman–Crippen MR) is 60.2 cm³/mol. The summed E-state index contributed by atoms with van der Waals surface area (Å²) in [6, 6.07) is 4.54. The van der Waals surface area contributed by atoms with E-state index >= 15 is 0 Å². The average molecular weight is 283 g/mol. The number of aromatic nitrogens is 2. The SMILES string of the molecule is OC(c1cncnc1)c1c(F)cccc1Br. The number of aliphatic hydroxyl groups is 1. The van der Waals surface area contributed by atoms with Gasteiger partial charge in [0.15, 0.2) is 0 Å². The Labute approximate surface area is 100 Å². The monoisotopic (exact) mass is 282 g/mol. The third kappa shape index (κ3) is 2.10. The van der Waals surface area contributed by atoms with Crippen molar-refractivity contribution in [2.24, 2.45) is 0 Å². The molecule has 1 aromatic carbocycles. The molecule has 0 aliphatic rings. The quantitative estimate of drug-likeness (QED) is 0.920. The van der Waals surface area contributed by atoms with Gasteiger partial charge in [0.25, 0.3) is 0 Å². The molecule has 0 aliphatic heterocycles. The molecule has 0 amide bonds. The zero-order valence-electron chi connectivity index (χ0n) is 8.14. The van der Waals surface area contributed by atoms with Crippen molar-refractivity contribution in [1.29, 1.82) is 0 Å². The van der Waals surface area contributed by atoms with Gasteiger partial charge in [0.2, 0.25) is 0 Å². The summed E-state index contributed by atoms with van der Waals surface area (Å²) in [5.41, 5.74) is 0.644. The lowest BCUT2D eigenvalue weighted by Crippen LogP contribution is -2.04. The Kier molecular flexibility index (Phi) is 3.26. The lowest BCUT2D eigenvalue weighted by molar-refractivity contribution is 0.213. The molecule has 0 radical (unpaired) electrons. The van der Waals surface area contributed by atoms with Crippen LogP contribution in [0.15, 0.2) is 41.4 Å². The molecule has 0 saturated heterocycles. The average Bonchev–Trinajstić information content (AvgIpc) is 2.30. The molecule has 0 saturated carbocycles. The Morgan fingerprint density at radius 1 is 1.25 bits per heavy atom. The molecule has 1 unspecified atom stereocenters. The highest BCUT2D eigenvalue weighted by molar-refractivity contribution is 9.10. The summed E-state index contributed by atoms with van der Waals surface area (Å²) in [7, 11) is 0. The van der Waals surface area contributed by atoms with Gasteiger partial charge in [-0.2, -0.15) is 0 Å². The third-order valence-corrected chi connectivity index (χ3v) is 2.86. The molecule has 82 valence electrons. The van der Waals surface area contributed by atoms with Gasteiger partial charge in [0.05, 0.1) is 0 Å². The molecule has 0 fully saturated rings. The van der Waals surface area contributed by atoms with Crippen LogP contribution in [0.1, 0.15) is 17.2 Å². The summed E-state index contributed by atoms with van der Waals surface area (Å²) in [6.45, 7) is 0. The Morgan fingerprint density at radius 3 is 2.56 bits per heavy atom. The largest absolute Gasteiger partial charge is 0.383 e. The van der Waals surface area contributed by atoms with E-state index in [2.05, 4.69) is 25.9 Å². The second-order valence-corrected chi connectivity index (χ2v) is 4.06. The van der Waals surface area contributed by atoms with Crippen LogP contribution in [0.3, 0.4) is 0 Å². The summed E-state index contributed by atoms with van der Waals surface area (Å²) >= 11 is 3.20. The first kappa shape index (κ1) is 11.2. The molecule has 0 aliphatic carbocycles. The van der Waals surface area contributed by atoms with Gasteiger partial charge in [-0.05, 0) is 12.1 Å². The number of nitrogens with zero attached hydrogens (tertiary/aromatic N) is 2. The van der Waals surface area contributed by atoms with Gasteiger partial charge in [-0.3, -0.25) is 0 Å². The van der Waals surface area contributed by atoms with Crippen molar-refractivity contribution < 1.29 is 9.50 Å². The molecule has 1 N–H and O–H groups in total. The van der Waals surface area contributed by atoms with Crippen molar-refractivity contribution in [1.82, 2.24) is 9.97 Å². The molecule has 16 heavy (non-hydrogen) atoms. The normalized spacial score (nSPS) is 12.4. The van der Waals surface area contributed by atoms with Crippen LogP contribution in [-0.2, 0) is 0 Å². The highest BCUT2D eigenvalue weighted by Gasteiger charge is 2.18. The summed E-state index contributed by atoms with van der Waals surface area (Å²) in [5, 5.41) is 10.0. The van der Waals surface area contributed by atoms with Gasteiger partial charge in [0, 0.05) is 28.0 Å². The van der Waals surface area contributed by atoms with Crippen LogP contribution in [0.5, 0.6) is 0 Å². The van der Waals surface area contributed by atoms with Crippen molar-refractivity contribution in [2.75, 3.05) is 0 Å². The minimum atomic E-state index is -1.07. The Hall–Kier alpha value is -1.33. The molecule has 1 aromatic heterocycles. The van der Waals surface area contributed by atoms with Gasteiger partial charge in [-0.15, -0.1) is 0 Å². The number of benzene rings is 1. The topological polar surface area (TPSA) is 46.0 Å². The van der Waals surface area contributed by atoms with E-state index in [0.717, 1.165) is 0 Å². The highest BCUT2D eigenvalue weighted by Crippen LogP contribution is 2.29. The zero-order valence-corrected chi connectivity index (χ0v) is 9.73. The molecule has 2 aromatic rings. The Balaban J connectivity index is 2.46. The van der Waals surface area contributed by atoms with E-state index in [4.69, 9.17) is 0 Å². The van der Waals surface area contributed by atoms with Crippen LogP contribution >= 0.6 is 15.9 Å². The van der Waals surface area contributed by atoms with Crippen molar-refractivity contribution in [3.63, 3.8) is 0 Å². The van der Waals surface area contributed by atoms with Crippen molar-refractivity contribution in [2.45, 2.75) is 6.10 Å². The first-order valence-corrected chi connectivity index (χ1v) is 5.36. The van der Waals surface area contributed by atoms with Crippen LogP contribution in [0.25, 0.3) is 0 Å². The first-order valence-electron chi connectivity index (χ1n) is 4.57. The van der Waals surface area contributed by atoms with E-state index in [-0.39, 0.29) is 5.56 Å². The Bertz CT molecular complexity index is 472. The number of hydrogen-bond acceptors (Lipinski definition) is 3. The second kappa shape index (κ2) is 4.67. The van der Waals surface area contributed by atoms with E-state index in [0.29, 0.717) is 10.0 Å². The summed E-state index contributed by atoms with van der Waals surface area (Å²) in [6.07, 6.45) is 3.19. The van der Waals surface area contributed by atoms with E-state index < -0.39 is 11.9 Å². The summed E-state index contributed by atoms with van der Waals surface area (Å²) in [5.74, 6) is -0.467. The van der Waals surface area contributed by atoms with Crippen LogP contribution in [0.2, 0.25) is 0 Å². The van der Waals surface area contributed by atoms with Crippen LogP contribution in [0.4, 0.5) is 4.39 Å². The maximum absolute atomic E-state index is 13.6. The smallest absolute Gasteiger partial charge is 0.130 e. The van der Waals surface area contributed by atoms with E-state index in [1.54, 1.807) is 12.1 Å². The predicted octanol–water partition coefficient (Wildman–Crippen LogP) is 2.46. The zero-order chi connectivity index (χ0) is 11.5. The van der Waals surface area contributed by atoms with Crippen molar-refractivity contribution in [3.8, 4) is 0 Å². The van der Waals surface area contributed by atoms with Crippen molar-refractivity contribution >= 4 is 15.9 Å². The number of rotatable bonds is 2. The molecule has 5 heteroatoms. The molecule has 0 spiro atoms. The van der Waals surface area contributed by atoms with Crippen LogP contribution in [0, 0.1) is 5.82 Å². The van der Waals surface area contributed by atoms with E-state index in [1.165, 1.54) is 24.8 Å². The minimum Gasteiger partial charge on any atom is -0.383 e. The van der Waals surface area contributed by atoms with E-state index in [9.17, 15) is 9.50 Å². The molecular weight excluding hydrogens is 275 g/mol. The third-order valence-electron chi connectivity index (χ3n) is 2.17. The molecule has 1 atom stereocenters.